The molecule has 10 nitrogen and oxygen atoms in total. The quantitative estimate of drug-likeness (QED) is 0.308. The normalized spacial score (nSPS) is 11.3. The van der Waals surface area contributed by atoms with Crippen molar-refractivity contribution >= 4 is 43.6 Å². The van der Waals surface area contributed by atoms with Crippen molar-refractivity contribution in [1.82, 2.24) is 9.97 Å². The maximum absolute atomic E-state index is 5.95. The van der Waals surface area contributed by atoms with Crippen LogP contribution in [0.3, 0.4) is 0 Å². The van der Waals surface area contributed by atoms with E-state index in [1.807, 2.05) is 12.1 Å². The molecule has 5 aromatic rings. The number of hydrogen-bond acceptors (Lipinski definition) is 8. The van der Waals surface area contributed by atoms with Crippen LogP contribution in [0.25, 0.3) is 43.6 Å². The summed E-state index contributed by atoms with van der Waals surface area (Å²) in [5, 5.41) is 3.22. The fourth-order valence-electron chi connectivity index (χ4n) is 5.06. The third-order valence-electron chi connectivity index (χ3n) is 6.52. The van der Waals surface area contributed by atoms with E-state index in [-0.39, 0.29) is 0 Å². The van der Waals surface area contributed by atoms with Crippen LogP contribution < -0.4 is 37.9 Å². The number of aromatic nitrogens is 2. The molecule has 2 aromatic heterocycles. The van der Waals surface area contributed by atoms with Crippen LogP contribution in [0.4, 0.5) is 0 Å². The second kappa shape index (κ2) is 8.71. The average Bonchev–Trinajstić information content (AvgIpc) is 3.48. The minimum Gasteiger partial charge on any atom is -0.493 e. The number of nitrogens with one attached hydrogen (secondary N) is 2. The van der Waals surface area contributed by atoms with Gasteiger partial charge in [0.1, 0.15) is 0 Å². The van der Waals surface area contributed by atoms with Gasteiger partial charge in [-0.3, -0.25) is 0 Å². The number of methoxy groups -OCH3 is 8. The minimum absolute atomic E-state index is 0.481. The molecule has 3 aromatic carbocycles. The number of fused-ring (bicyclic) bond motifs is 7. The third kappa shape index (κ3) is 2.90. The summed E-state index contributed by atoms with van der Waals surface area (Å²) in [6.45, 7) is 0. The van der Waals surface area contributed by atoms with Crippen molar-refractivity contribution in [2.45, 2.75) is 0 Å². The van der Waals surface area contributed by atoms with Crippen molar-refractivity contribution in [1.29, 1.82) is 0 Å². The van der Waals surface area contributed by atoms with E-state index in [1.165, 1.54) is 0 Å². The summed E-state index contributed by atoms with van der Waals surface area (Å²) in [6.07, 6.45) is 0. The Kier molecular flexibility index (Phi) is 5.66. The Morgan fingerprint density at radius 1 is 0.389 bits per heavy atom. The maximum Gasteiger partial charge on any atom is 0.205 e. The number of benzene rings is 3. The molecule has 36 heavy (non-hydrogen) atoms. The van der Waals surface area contributed by atoms with Crippen molar-refractivity contribution in [3.05, 3.63) is 12.1 Å². The topological polar surface area (TPSA) is 105 Å². The lowest BCUT2D eigenvalue weighted by atomic mass is 10.0. The molecular weight excluding hydrogens is 468 g/mol. The zero-order chi connectivity index (χ0) is 25.7. The number of H-pyrrole nitrogens is 2. The Morgan fingerprint density at radius 3 is 1.00 bits per heavy atom. The molecule has 2 N–H and O–H groups in total. The number of rotatable bonds is 8. The van der Waals surface area contributed by atoms with E-state index in [9.17, 15) is 0 Å². The molecule has 0 bridgehead atoms. The largest absolute Gasteiger partial charge is 0.493 e. The SMILES string of the molecule is COc1cc2c([nH]c3c4[nH]c5c(OC)c(OC)c(OC)cc5c4c(OC)c(OC)c23)c(OC)c1OC. The van der Waals surface area contributed by atoms with Gasteiger partial charge in [-0.05, 0) is 12.1 Å². The molecule has 5 rings (SSSR count). The van der Waals surface area contributed by atoms with Crippen molar-refractivity contribution in [3.8, 4) is 46.0 Å². The lowest BCUT2D eigenvalue weighted by Gasteiger charge is -2.14. The van der Waals surface area contributed by atoms with Crippen molar-refractivity contribution < 1.29 is 37.9 Å². The van der Waals surface area contributed by atoms with E-state index in [1.54, 1.807) is 56.9 Å². The van der Waals surface area contributed by atoms with Gasteiger partial charge in [0.25, 0.3) is 0 Å². The number of hydrogen-bond donors (Lipinski definition) is 2. The first-order chi connectivity index (χ1) is 17.5. The average molecular weight is 497 g/mol. The van der Waals surface area contributed by atoms with Gasteiger partial charge in [-0.1, -0.05) is 0 Å². The molecule has 0 atom stereocenters. The molecule has 0 saturated heterocycles. The molecule has 0 radical (unpaired) electrons. The Balaban J connectivity index is 2.08. The lowest BCUT2D eigenvalue weighted by molar-refractivity contribution is 0.327. The van der Waals surface area contributed by atoms with E-state index < -0.39 is 0 Å². The molecule has 0 aliphatic rings. The first-order valence-corrected chi connectivity index (χ1v) is 11.1. The molecule has 0 saturated carbocycles. The lowest BCUT2D eigenvalue weighted by Crippen LogP contribution is -1.96. The van der Waals surface area contributed by atoms with Crippen LogP contribution in [0, 0.1) is 0 Å². The maximum atomic E-state index is 5.95. The Morgan fingerprint density at radius 2 is 0.722 bits per heavy atom. The molecule has 190 valence electrons. The summed E-state index contributed by atoms with van der Waals surface area (Å²) < 4.78 is 45.8. The fourth-order valence-corrected chi connectivity index (χ4v) is 5.06. The fraction of sp³-hybridized carbons (Fsp3) is 0.308. The van der Waals surface area contributed by atoms with Gasteiger partial charge in [-0.15, -0.1) is 0 Å². The van der Waals surface area contributed by atoms with Crippen LogP contribution in [0.1, 0.15) is 0 Å². The summed E-state index contributed by atoms with van der Waals surface area (Å²) >= 11 is 0. The minimum atomic E-state index is 0.481. The summed E-state index contributed by atoms with van der Waals surface area (Å²) in [5.41, 5.74) is 3.00. The van der Waals surface area contributed by atoms with Gasteiger partial charge < -0.3 is 47.9 Å². The van der Waals surface area contributed by atoms with E-state index >= 15 is 0 Å². The molecule has 0 aliphatic carbocycles. The highest BCUT2D eigenvalue weighted by Gasteiger charge is 2.29. The third-order valence-corrected chi connectivity index (χ3v) is 6.52. The second-order valence-electron chi connectivity index (χ2n) is 7.95. The monoisotopic (exact) mass is 496 g/mol. The highest BCUT2D eigenvalue weighted by atomic mass is 16.5. The molecule has 2 heterocycles. The van der Waals surface area contributed by atoms with Crippen molar-refractivity contribution in [2.75, 3.05) is 56.9 Å². The van der Waals surface area contributed by atoms with Gasteiger partial charge in [0.15, 0.2) is 34.5 Å². The molecule has 0 fully saturated rings. The highest BCUT2D eigenvalue weighted by molar-refractivity contribution is 6.28. The van der Waals surface area contributed by atoms with Gasteiger partial charge in [-0.2, -0.15) is 0 Å². The Bertz CT molecular complexity index is 1510. The first kappa shape index (κ1) is 23.4. The summed E-state index contributed by atoms with van der Waals surface area (Å²) in [5.74, 6) is 4.13. The van der Waals surface area contributed by atoms with Crippen LogP contribution in [0.5, 0.6) is 46.0 Å². The molecular formula is C26H28N2O8. The van der Waals surface area contributed by atoms with Crippen LogP contribution in [0.2, 0.25) is 0 Å². The van der Waals surface area contributed by atoms with Gasteiger partial charge >= 0.3 is 0 Å². The summed E-state index contributed by atoms with van der Waals surface area (Å²) in [7, 11) is 12.7. The van der Waals surface area contributed by atoms with Crippen LogP contribution in [-0.2, 0) is 0 Å². The smallest absolute Gasteiger partial charge is 0.205 e. The molecule has 0 amide bonds. The predicted molar refractivity (Wildman–Crippen MR) is 138 cm³/mol. The van der Waals surface area contributed by atoms with E-state index in [2.05, 4.69) is 9.97 Å². The Labute approximate surface area is 206 Å². The zero-order valence-corrected chi connectivity index (χ0v) is 21.4. The zero-order valence-electron chi connectivity index (χ0n) is 21.4. The highest BCUT2D eigenvalue weighted by Crippen LogP contribution is 2.54. The standard InChI is InChI=1S/C26H28N2O8/c1-29-13-9-11-15-19(27-17(11)25(35-7)21(13)31-3)20-16(24(34-6)23(15)33-5)12-10-14(30-2)22(32-4)26(36-8)18(12)28-20/h9-10,27-28H,1-8H3. The van der Waals surface area contributed by atoms with Crippen molar-refractivity contribution in [2.24, 2.45) is 0 Å². The number of aromatic amines is 2. The van der Waals surface area contributed by atoms with E-state index in [4.69, 9.17) is 37.9 Å². The van der Waals surface area contributed by atoms with E-state index in [0.29, 0.717) is 46.0 Å². The summed E-state index contributed by atoms with van der Waals surface area (Å²) in [4.78, 5) is 7.04. The van der Waals surface area contributed by atoms with Crippen LogP contribution >= 0.6 is 0 Å². The van der Waals surface area contributed by atoms with Gasteiger partial charge in [0, 0.05) is 10.8 Å². The number of ether oxygens (including phenoxy) is 8. The van der Waals surface area contributed by atoms with Gasteiger partial charge in [-0.25, -0.2) is 0 Å². The molecule has 0 spiro atoms. The van der Waals surface area contributed by atoms with Crippen LogP contribution in [0.15, 0.2) is 12.1 Å². The molecule has 0 aliphatic heterocycles. The predicted octanol–water partition coefficient (Wildman–Crippen LogP) is 5.02. The molecule has 0 unspecified atom stereocenters. The van der Waals surface area contributed by atoms with Gasteiger partial charge in [0.2, 0.25) is 11.5 Å². The first-order valence-electron chi connectivity index (χ1n) is 11.1. The molecule has 10 heteroatoms. The van der Waals surface area contributed by atoms with Crippen LogP contribution in [-0.4, -0.2) is 66.8 Å². The summed E-state index contributed by atoms with van der Waals surface area (Å²) in [6, 6.07) is 3.78. The van der Waals surface area contributed by atoms with Gasteiger partial charge in [0.05, 0.1) is 89.7 Å². The van der Waals surface area contributed by atoms with Crippen molar-refractivity contribution in [3.63, 3.8) is 0 Å². The Hall–Kier alpha value is -4.34. The second-order valence-corrected chi connectivity index (χ2v) is 7.95. The van der Waals surface area contributed by atoms with E-state index in [0.717, 1.165) is 43.6 Å².